The second kappa shape index (κ2) is 6.55. The highest BCUT2D eigenvalue weighted by Gasteiger charge is 2.41. The second-order valence-electron chi connectivity index (χ2n) is 4.59. The summed E-state index contributed by atoms with van der Waals surface area (Å²) in [6.45, 7) is 3.95. The van der Waals surface area contributed by atoms with Crippen molar-refractivity contribution >= 4 is 34.8 Å². The van der Waals surface area contributed by atoms with Gasteiger partial charge in [-0.2, -0.15) is 0 Å². The van der Waals surface area contributed by atoms with Crippen molar-refractivity contribution in [3.05, 3.63) is 0 Å². The van der Waals surface area contributed by atoms with Gasteiger partial charge in [0.2, 0.25) is 11.8 Å². The average Bonchev–Trinajstić information content (AvgIpc) is 2.53. The third-order valence-corrected chi connectivity index (χ3v) is 3.45. The zero-order chi connectivity index (χ0) is 14.6. The van der Waals surface area contributed by atoms with Crippen LogP contribution in [0.25, 0.3) is 0 Å². The summed E-state index contributed by atoms with van der Waals surface area (Å²) in [4.78, 5) is 46.2. The Hall–Kier alpha value is -1.57. The van der Waals surface area contributed by atoms with Crippen LogP contribution in [0.2, 0.25) is 0 Å². The summed E-state index contributed by atoms with van der Waals surface area (Å²) in [6.07, 6.45) is -0.417. The number of nitrogens with zero attached hydrogens (tertiary/aromatic N) is 1. The smallest absolute Gasteiger partial charge is 0.305 e. The molecule has 0 aromatic heterocycles. The van der Waals surface area contributed by atoms with E-state index in [0.717, 1.165) is 4.90 Å². The molecule has 1 fully saturated rings. The highest BCUT2D eigenvalue weighted by molar-refractivity contribution is 8.15. The van der Waals surface area contributed by atoms with E-state index in [1.165, 1.54) is 0 Å². The highest BCUT2D eigenvalue weighted by Crippen LogP contribution is 2.28. The normalized spacial score (nSPS) is 19.1. The Morgan fingerprint density at radius 3 is 2.58 bits per heavy atom. The zero-order valence-corrected chi connectivity index (χ0v) is 11.5. The molecule has 1 heterocycles. The van der Waals surface area contributed by atoms with E-state index in [-0.39, 0.29) is 12.5 Å². The first-order valence-electron chi connectivity index (χ1n) is 5.81. The van der Waals surface area contributed by atoms with Gasteiger partial charge in [-0.1, -0.05) is 25.6 Å². The molecular formula is C11H16N2O5S. The standard InChI is InChI=1S/C11H16N2O5S/c1-6(2)4-12-8(14)5-13-10(17)7(3-9(15)16)19-11(13)18/h6-7H,3-5H2,1-2H3,(H,12,14)(H,15,16). The summed E-state index contributed by atoms with van der Waals surface area (Å²) >= 11 is 0.653. The quantitative estimate of drug-likeness (QED) is 0.728. The minimum Gasteiger partial charge on any atom is -0.481 e. The SMILES string of the molecule is CC(C)CNC(=O)CN1C(=O)SC(CC(=O)O)C1=O. The van der Waals surface area contributed by atoms with Gasteiger partial charge >= 0.3 is 5.97 Å². The Balaban J connectivity index is 2.54. The van der Waals surface area contributed by atoms with Gasteiger partial charge in [-0.05, 0) is 5.92 Å². The summed E-state index contributed by atoms with van der Waals surface area (Å²) in [5.74, 6) is -1.92. The van der Waals surface area contributed by atoms with E-state index < -0.39 is 34.7 Å². The number of rotatable bonds is 6. The van der Waals surface area contributed by atoms with Crippen LogP contribution >= 0.6 is 11.8 Å². The number of hydrogen-bond acceptors (Lipinski definition) is 5. The van der Waals surface area contributed by atoms with E-state index >= 15 is 0 Å². The predicted molar refractivity (Wildman–Crippen MR) is 68.6 cm³/mol. The van der Waals surface area contributed by atoms with Gasteiger partial charge in [-0.25, -0.2) is 0 Å². The lowest BCUT2D eigenvalue weighted by molar-refractivity contribution is -0.139. The molecular weight excluding hydrogens is 272 g/mol. The topological polar surface area (TPSA) is 104 Å². The van der Waals surface area contributed by atoms with Crippen molar-refractivity contribution < 1.29 is 24.3 Å². The summed E-state index contributed by atoms with van der Waals surface area (Å²) in [7, 11) is 0. The molecule has 0 aromatic rings. The average molecular weight is 288 g/mol. The van der Waals surface area contributed by atoms with Gasteiger partial charge in [-0.15, -0.1) is 0 Å². The van der Waals surface area contributed by atoms with Crippen LogP contribution in [0.1, 0.15) is 20.3 Å². The van der Waals surface area contributed by atoms with Crippen LogP contribution in [0.3, 0.4) is 0 Å². The molecule has 7 nitrogen and oxygen atoms in total. The lowest BCUT2D eigenvalue weighted by Gasteiger charge is -2.14. The highest BCUT2D eigenvalue weighted by atomic mass is 32.2. The maximum Gasteiger partial charge on any atom is 0.305 e. The molecule has 0 aromatic carbocycles. The van der Waals surface area contributed by atoms with Crippen molar-refractivity contribution in [3.63, 3.8) is 0 Å². The van der Waals surface area contributed by atoms with Gasteiger partial charge in [0.15, 0.2) is 0 Å². The molecule has 19 heavy (non-hydrogen) atoms. The van der Waals surface area contributed by atoms with Gasteiger partial charge < -0.3 is 10.4 Å². The van der Waals surface area contributed by atoms with E-state index in [1.54, 1.807) is 0 Å². The fourth-order valence-corrected chi connectivity index (χ4v) is 2.43. The summed E-state index contributed by atoms with van der Waals surface area (Å²) in [5, 5.41) is 9.71. The largest absolute Gasteiger partial charge is 0.481 e. The summed E-state index contributed by atoms with van der Waals surface area (Å²) < 4.78 is 0. The molecule has 8 heteroatoms. The van der Waals surface area contributed by atoms with Crippen molar-refractivity contribution in [1.82, 2.24) is 10.2 Å². The van der Waals surface area contributed by atoms with E-state index in [9.17, 15) is 19.2 Å². The molecule has 1 rings (SSSR count). The fraction of sp³-hybridized carbons (Fsp3) is 0.636. The number of imide groups is 1. The number of amides is 3. The fourth-order valence-electron chi connectivity index (χ4n) is 1.45. The molecule has 0 spiro atoms. The Bertz CT molecular complexity index is 410. The van der Waals surface area contributed by atoms with Crippen LogP contribution < -0.4 is 5.32 Å². The summed E-state index contributed by atoms with van der Waals surface area (Å²) in [5.41, 5.74) is 0. The van der Waals surface area contributed by atoms with E-state index in [1.807, 2.05) is 13.8 Å². The molecule has 3 amide bonds. The molecule has 1 aliphatic rings. The first-order chi connectivity index (χ1) is 8.81. The Morgan fingerprint density at radius 1 is 1.42 bits per heavy atom. The first kappa shape index (κ1) is 15.5. The van der Waals surface area contributed by atoms with Gasteiger partial charge in [0.1, 0.15) is 11.8 Å². The Morgan fingerprint density at radius 2 is 2.05 bits per heavy atom. The summed E-state index contributed by atoms with van der Waals surface area (Å²) in [6, 6.07) is 0. The van der Waals surface area contributed by atoms with Gasteiger partial charge in [0.05, 0.1) is 6.42 Å². The van der Waals surface area contributed by atoms with Crippen molar-refractivity contribution in [2.24, 2.45) is 5.92 Å². The van der Waals surface area contributed by atoms with Gasteiger partial charge in [-0.3, -0.25) is 24.1 Å². The number of nitrogens with one attached hydrogen (secondary N) is 1. The maximum absolute atomic E-state index is 11.8. The number of hydrogen-bond donors (Lipinski definition) is 2. The molecule has 106 valence electrons. The van der Waals surface area contributed by atoms with Crippen molar-refractivity contribution in [2.45, 2.75) is 25.5 Å². The molecule has 0 saturated carbocycles. The van der Waals surface area contributed by atoms with Crippen molar-refractivity contribution in [1.29, 1.82) is 0 Å². The monoisotopic (exact) mass is 288 g/mol. The minimum atomic E-state index is -1.15. The van der Waals surface area contributed by atoms with E-state index in [4.69, 9.17) is 5.11 Å². The molecule has 0 bridgehead atoms. The zero-order valence-electron chi connectivity index (χ0n) is 10.7. The second-order valence-corrected chi connectivity index (χ2v) is 5.75. The molecule has 1 unspecified atom stereocenters. The van der Waals surface area contributed by atoms with Crippen LogP contribution in [0, 0.1) is 5.92 Å². The van der Waals surface area contributed by atoms with Crippen LogP contribution in [-0.4, -0.2) is 51.4 Å². The number of carboxylic acid groups (broad SMARTS) is 1. The number of aliphatic carboxylic acids is 1. The Labute approximate surface area is 114 Å². The lowest BCUT2D eigenvalue weighted by Crippen LogP contribution is -2.42. The van der Waals surface area contributed by atoms with Crippen LogP contribution in [-0.2, 0) is 14.4 Å². The number of thioether (sulfide) groups is 1. The predicted octanol–water partition coefficient (Wildman–Crippen LogP) is 0.297. The van der Waals surface area contributed by atoms with Crippen LogP contribution in [0.15, 0.2) is 0 Å². The number of carboxylic acids is 1. The lowest BCUT2D eigenvalue weighted by atomic mass is 10.2. The van der Waals surface area contributed by atoms with Gasteiger partial charge in [0, 0.05) is 6.54 Å². The molecule has 1 saturated heterocycles. The third-order valence-electron chi connectivity index (χ3n) is 2.37. The Kier molecular flexibility index (Phi) is 5.34. The van der Waals surface area contributed by atoms with E-state index in [2.05, 4.69) is 5.32 Å². The maximum atomic E-state index is 11.8. The molecule has 1 aliphatic heterocycles. The van der Waals surface area contributed by atoms with E-state index in [0.29, 0.717) is 18.3 Å². The molecule has 0 radical (unpaired) electrons. The van der Waals surface area contributed by atoms with Crippen molar-refractivity contribution in [2.75, 3.05) is 13.1 Å². The number of carbonyl (C=O) groups is 4. The molecule has 0 aliphatic carbocycles. The minimum absolute atomic E-state index is 0.267. The molecule has 1 atom stereocenters. The van der Waals surface area contributed by atoms with Crippen LogP contribution in [0.4, 0.5) is 4.79 Å². The van der Waals surface area contributed by atoms with Crippen LogP contribution in [0.5, 0.6) is 0 Å². The third kappa shape index (κ3) is 4.55. The first-order valence-corrected chi connectivity index (χ1v) is 6.69. The van der Waals surface area contributed by atoms with Crippen molar-refractivity contribution in [3.8, 4) is 0 Å². The van der Waals surface area contributed by atoms with Gasteiger partial charge in [0.25, 0.3) is 5.24 Å². The number of carbonyl (C=O) groups excluding carboxylic acids is 3. The molecule has 2 N–H and O–H groups in total.